The van der Waals surface area contributed by atoms with Gasteiger partial charge in [-0.1, -0.05) is 42.5 Å². The molecule has 0 amide bonds. The van der Waals surface area contributed by atoms with Crippen molar-refractivity contribution >= 4 is 102 Å². The van der Waals surface area contributed by atoms with Crippen LogP contribution in [0.5, 0.6) is 11.5 Å². The van der Waals surface area contributed by atoms with E-state index in [2.05, 4.69) is 107 Å². The number of nitrogens with one attached hydrogen (secondary N) is 2. The van der Waals surface area contributed by atoms with Crippen LogP contribution in [0.15, 0.2) is 113 Å². The quantitative estimate of drug-likeness (QED) is 0.151. The van der Waals surface area contributed by atoms with Crippen molar-refractivity contribution in [2.24, 2.45) is 14.1 Å². The molecule has 16 bridgehead atoms. The van der Waals surface area contributed by atoms with E-state index in [1.807, 2.05) is 26.0 Å². The van der Waals surface area contributed by atoms with E-state index in [1.165, 1.54) is 26.4 Å². The first-order chi connectivity index (χ1) is 46.6. The Balaban J connectivity index is 0.823. The number of H-pyrrole nitrogens is 2. The molecule has 2 aliphatic rings. The second kappa shape index (κ2) is 27.2. The summed E-state index contributed by atoms with van der Waals surface area (Å²) in [6.07, 6.45) is 2.68. The Hall–Kier alpha value is -8.44. The third-order valence-electron chi connectivity index (χ3n) is 18.5. The van der Waals surface area contributed by atoms with Crippen LogP contribution < -0.4 is 9.47 Å². The minimum Gasteiger partial charge on any atom is -0.493 e. The van der Waals surface area contributed by atoms with Crippen molar-refractivity contribution < 1.29 is 37.3 Å². The van der Waals surface area contributed by atoms with Crippen LogP contribution in [0, 0.1) is 25.5 Å². The maximum absolute atomic E-state index is 16.7. The highest BCUT2D eigenvalue weighted by Crippen LogP contribution is 2.45. The largest absolute Gasteiger partial charge is 0.493 e. The molecule has 16 nitrogen and oxygen atoms in total. The maximum atomic E-state index is 16.7. The summed E-state index contributed by atoms with van der Waals surface area (Å²) in [5, 5.41) is 32.0. The number of nitrogens with zero attached hydrogens (tertiary/aromatic N) is 8. The fraction of sp³-hybridized carbons (Fsp3) is 0.324. The summed E-state index contributed by atoms with van der Waals surface area (Å²) >= 11 is 6.83. The molecular formula is C74H74F2N10O6S4. The zero-order chi connectivity index (χ0) is 66.6. The molecule has 1 atom stereocenters. The van der Waals surface area contributed by atoms with E-state index in [0.29, 0.717) is 130 Å². The fourth-order valence-corrected chi connectivity index (χ4v) is 17.8. The summed E-state index contributed by atoms with van der Waals surface area (Å²) in [5.41, 5.74) is 13.6. The van der Waals surface area contributed by atoms with Crippen LogP contribution >= 0.6 is 47.0 Å². The third kappa shape index (κ3) is 12.1. The van der Waals surface area contributed by atoms with Gasteiger partial charge in [0.25, 0.3) is 0 Å². The van der Waals surface area contributed by atoms with Gasteiger partial charge in [-0.3, -0.25) is 19.6 Å². The Morgan fingerprint density at radius 3 is 1.66 bits per heavy atom. The van der Waals surface area contributed by atoms with Crippen LogP contribution in [-0.4, -0.2) is 88.5 Å². The van der Waals surface area contributed by atoms with Crippen LogP contribution in [0.1, 0.15) is 129 Å². The Bertz CT molecular complexity index is 5020. The molecule has 22 heteroatoms. The van der Waals surface area contributed by atoms with Gasteiger partial charge in [-0.25, -0.2) is 18.4 Å². The van der Waals surface area contributed by atoms with E-state index in [-0.39, 0.29) is 12.1 Å². The number of rotatable bonds is 6. The summed E-state index contributed by atoms with van der Waals surface area (Å²) in [6, 6.07) is 34.5. The molecule has 6 aromatic heterocycles. The Morgan fingerprint density at radius 2 is 1.09 bits per heavy atom. The van der Waals surface area contributed by atoms with Crippen molar-refractivity contribution in [3.05, 3.63) is 188 Å². The van der Waals surface area contributed by atoms with Gasteiger partial charge >= 0.3 is 11.9 Å². The van der Waals surface area contributed by atoms with Crippen LogP contribution in [0.3, 0.4) is 0 Å². The number of carbonyl (C=O) groups is 2. The lowest BCUT2D eigenvalue weighted by atomic mass is 9.98. The van der Waals surface area contributed by atoms with Crippen LogP contribution in [-0.2, 0) is 77.3 Å². The molecular weight excluding hydrogens is 1290 g/mol. The molecule has 0 fully saturated rings. The highest BCUT2D eigenvalue weighted by Gasteiger charge is 2.31. The zero-order valence-corrected chi connectivity index (χ0v) is 58.3. The number of ether oxygens (including phenoxy) is 4. The predicted molar refractivity (Wildman–Crippen MR) is 381 cm³/mol. The Morgan fingerprint density at radius 1 is 0.583 bits per heavy atom. The number of fused-ring (bicyclic) bond motifs is 16. The van der Waals surface area contributed by atoms with Gasteiger partial charge in [0.1, 0.15) is 34.5 Å². The molecule has 2 N–H and O–H groups in total. The van der Waals surface area contributed by atoms with Gasteiger partial charge in [0, 0.05) is 131 Å². The molecule has 0 saturated carbocycles. The molecule has 0 saturated heterocycles. The summed E-state index contributed by atoms with van der Waals surface area (Å²) in [6.45, 7) is 11.0. The number of aromatic amines is 2. The smallest absolute Gasteiger partial charge is 0.354 e. The third-order valence-corrected chi connectivity index (χ3v) is 22.4. The van der Waals surface area contributed by atoms with Crippen LogP contribution in [0.2, 0.25) is 0 Å². The topological polar surface area (TPSA) is 174 Å². The number of benzene rings is 6. The van der Waals surface area contributed by atoms with Crippen LogP contribution in [0.25, 0.3) is 65.6 Å². The molecule has 8 heterocycles. The average Bonchev–Trinajstić information content (AvgIpc) is 1.57. The minimum absolute atomic E-state index is 0.124. The van der Waals surface area contributed by atoms with Gasteiger partial charge < -0.3 is 28.1 Å². The van der Waals surface area contributed by atoms with Gasteiger partial charge in [-0.2, -0.15) is 20.4 Å². The van der Waals surface area contributed by atoms with Crippen molar-refractivity contribution in [2.45, 2.75) is 123 Å². The van der Waals surface area contributed by atoms with Crippen LogP contribution in [0.4, 0.5) is 8.78 Å². The van der Waals surface area contributed by atoms with Crippen molar-refractivity contribution in [1.29, 1.82) is 0 Å². The summed E-state index contributed by atoms with van der Waals surface area (Å²) in [7, 11) is 6.36. The summed E-state index contributed by atoms with van der Waals surface area (Å²) < 4.78 is 65.7. The molecule has 96 heavy (non-hydrogen) atoms. The Labute approximate surface area is 571 Å². The average molecular weight is 1370 g/mol. The number of halogens is 2. The van der Waals surface area contributed by atoms with Gasteiger partial charge in [0.15, 0.2) is 0 Å². The SMILES string of the molecule is COC(=O)c1c2c3ccc(F)c(c3n1C)-c1c(n[nH]c1C)CSCc1cc(n(C(C)C)n1)CSc1cc(c3c(CC(C)n4nc5cc4CSc4cc(c6ccccc6c4)OCCCc4c(C(=O)OC)n(C)c6c(c(F)ccc46)-c4c(n[nH]c4C)CSC5)cccc3c1)OCCC2. The number of methoxy groups -OCH3 is 2. The molecule has 494 valence electrons. The second-order valence-corrected chi connectivity index (χ2v) is 29.1. The van der Waals surface area contributed by atoms with E-state index in [9.17, 15) is 9.59 Å². The number of hydrogen-bond donors (Lipinski definition) is 2. The standard InChI is InChI=1S/C74H74F2N10O6S4/c1-40(2)85-49-30-47(81-85)34-93-38-60-64(42(4)77-79-60)67-59(76)24-22-57-55(72(74(88)90-9)84(7)70(57)67)20-14-26-92-63-33-52(95-36-49)29-46-17-12-16-45(66(46)63)27-41(3)86-50-31-48(82-86)35-94-39-61-65(43(5)78-80-61)68-58(75)23-21-56-54(71(73(87)89-8)83(6)69(56)68)19-13-25-91-62-32-51(96-37-50)28-44-15-10-11-18-53(44)62/h10-12,15-18,21-24,28-33,40-41H,13-14,19-20,25-27,34-39H2,1-9H3,(H,77,79)(H,78,80). The summed E-state index contributed by atoms with van der Waals surface area (Å²) in [4.78, 5) is 29.6. The van der Waals surface area contributed by atoms with E-state index in [1.54, 1.807) is 82.4 Å². The van der Waals surface area contributed by atoms with E-state index in [4.69, 9.17) is 39.3 Å². The number of thioether (sulfide) groups is 4. The van der Waals surface area contributed by atoms with E-state index in [0.717, 1.165) is 110 Å². The van der Waals surface area contributed by atoms with Crippen molar-refractivity contribution in [1.82, 2.24) is 49.1 Å². The molecule has 12 aromatic rings. The lowest BCUT2D eigenvalue weighted by Crippen LogP contribution is -2.13. The lowest BCUT2D eigenvalue weighted by molar-refractivity contribution is 0.0580. The normalized spacial score (nSPS) is 14.7. The number of aryl methyl sites for hydroxylation is 6. The molecule has 14 rings (SSSR count). The monoisotopic (exact) mass is 1360 g/mol. The first-order valence-corrected chi connectivity index (χ1v) is 36.6. The highest BCUT2D eigenvalue weighted by molar-refractivity contribution is 7.99. The zero-order valence-electron chi connectivity index (χ0n) is 55.1. The predicted octanol–water partition coefficient (Wildman–Crippen LogP) is 17.1. The highest BCUT2D eigenvalue weighted by atomic mass is 32.2. The fourth-order valence-electron chi connectivity index (χ4n) is 14.2. The number of aromatic nitrogens is 10. The number of esters is 2. The molecule has 6 aromatic carbocycles. The van der Waals surface area contributed by atoms with Gasteiger partial charge in [-0.05, 0) is 155 Å². The van der Waals surface area contributed by atoms with Crippen molar-refractivity contribution in [2.75, 3.05) is 27.4 Å². The number of carbonyl (C=O) groups excluding carboxylic acids is 2. The van der Waals surface area contributed by atoms with Gasteiger partial charge in [0.2, 0.25) is 0 Å². The molecule has 0 radical (unpaired) electrons. The number of hydrogen-bond acceptors (Lipinski definition) is 14. The van der Waals surface area contributed by atoms with Crippen molar-refractivity contribution in [3.8, 4) is 33.8 Å². The molecule has 1 unspecified atom stereocenters. The molecule has 2 aliphatic heterocycles. The molecule has 0 aliphatic carbocycles. The first-order valence-electron chi connectivity index (χ1n) is 32.3. The lowest BCUT2D eigenvalue weighted by Gasteiger charge is -2.20. The summed E-state index contributed by atoms with van der Waals surface area (Å²) in [5.74, 6) is 3.16. The van der Waals surface area contributed by atoms with Crippen molar-refractivity contribution in [3.63, 3.8) is 0 Å². The van der Waals surface area contributed by atoms with Gasteiger partial charge in [-0.15, -0.1) is 47.0 Å². The van der Waals surface area contributed by atoms with E-state index < -0.39 is 23.6 Å². The Kier molecular flexibility index (Phi) is 18.4. The minimum atomic E-state index is -0.502. The second-order valence-electron chi connectivity index (χ2n) is 25.1. The van der Waals surface area contributed by atoms with Gasteiger partial charge in [0.05, 0.1) is 67.3 Å². The van der Waals surface area contributed by atoms with E-state index >= 15 is 8.78 Å². The maximum Gasteiger partial charge on any atom is 0.354 e. The molecule has 0 spiro atoms. The first kappa shape index (κ1) is 64.9.